The van der Waals surface area contributed by atoms with Gasteiger partial charge in [0.1, 0.15) is 6.54 Å². The lowest BCUT2D eigenvalue weighted by Gasteiger charge is -2.34. The van der Waals surface area contributed by atoms with Crippen molar-refractivity contribution < 1.29 is 14.7 Å². The van der Waals surface area contributed by atoms with E-state index < -0.39 is 5.97 Å². The predicted octanol–water partition coefficient (Wildman–Crippen LogP) is 1.34. The smallest absolute Gasteiger partial charge is 0.323 e. The molecule has 16 heavy (non-hydrogen) atoms. The summed E-state index contributed by atoms with van der Waals surface area (Å²) in [6.45, 7) is 4.13. The van der Waals surface area contributed by atoms with Crippen molar-refractivity contribution in [3.05, 3.63) is 0 Å². The quantitative estimate of drug-likeness (QED) is 0.682. The van der Waals surface area contributed by atoms with E-state index >= 15 is 0 Å². The van der Waals surface area contributed by atoms with Gasteiger partial charge >= 0.3 is 12.0 Å². The molecule has 0 spiro atoms. The molecular formula is C11H20N2O3. The molecule has 5 heteroatoms. The van der Waals surface area contributed by atoms with Crippen LogP contribution in [0, 0.1) is 5.41 Å². The van der Waals surface area contributed by atoms with Crippen LogP contribution in [0.3, 0.4) is 0 Å². The first-order valence-corrected chi connectivity index (χ1v) is 5.65. The Balaban J connectivity index is 2.23. The van der Waals surface area contributed by atoms with Crippen LogP contribution in [0.5, 0.6) is 0 Å². The highest BCUT2D eigenvalue weighted by atomic mass is 16.4. The third-order valence-electron chi connectivity index (χ3n) is 3.07. The molecular weight excluding hydrogens is 208 g/mol. The van der Waals surface area contributed by atoms with Crippen LogP contribution in [-0.4, -0.2) is 29.7 Å². The minimum absolute atomic E-state index is 0.182. The van der Waals surface area contributed by atoms with E-state index in [1.165, 1.54) is 0 Å². The Bertz CT molecular complexity index is 266. The first-order chi connectivity index (χ1) is 7.39. The summed E-state index contributed by atoms with van der Waals surface area (Å²) in [7, 11) is 0. The molecule has 0 heterocycles. The van der Waals surface area contributed by atoms with E-state index in [0.717, 1.165) is 25.7 Å². The van der Waals surface area contributed by atoms with Crippen molar-refractivity contribution in [1.29, 1.82) is 0 Å². The molecule has 0 aromatic rings. The zero-order valence-corrected chi connectivity index (χ0v) is 9.88. The average molecular weight is 228 g/mol. The molecule has 1 saturated carbocycles. The molecule has 5 nitrogen and oxygen atoms in total. The molecule has 0 saturated heterocycles. The highest BCUT2D eigenvalue weighted by molar-refractivity contribution is 5.79. The van der Waals surface area contributed by atoms with Gasteiger partial charge in [0.15, 0.2) is 0 Å². The van der Waals surface area contributed by atoms with Crippen LogP contribution < -0.4 is 10.6 Å². The van der Waals surface area contributed by atoms with E-state index in [-0.39, 0.29) is 18.6 Å². The fourth-order valence-corrected chi connectivity index (χ4v) is 1.94. The highest BCUT2D eigenvalue weighted by Crippen LogP contribution is 2.34. The Kier molecular flexibility index (Phi) is 4.15. The van der Waals surface area contributed by atoms with Gasteiger partial charge in [-0.3, -0.25) is 4.79 Å². The number of nitrogens with one attached hydrogen (secondary N) is 2. The summed E-state index contributed by atoms with van der Waals surface area (Å²) >= 11 is 0. The van der Waals surface area contributed by atoms with E-state index in [1.54, 1.807) is 0 Å². The summed E-state index contributed by atoms with van der Waals surface area (Å²) in [5, 5.41) is 13.5. The summed E-state index contributed by atoms with van der Waals surface area (Å²) in [6.07, 6.45) is 4.12. The van der Waals surface area contributed by atoms with Crippen molar-refractivity contribution in [1.82, 2.24) is 10.6 Å². The van der Waals surface area contributed by atoms with Crippen molar-refractivity contribution in [2.24, 2.45) is 5.41 Å². The van der Waals surface area contributed by atoms with Gasteiger partial charge in [-0.1, -0.05) is 13.8 Å². The number of carboxylic acids is 1. The second-order valence-electron chi connectivity index (χ2n) is 5.16. The van der Waals surface area contributed by atoms with E-state index in [9.17, 15) is 9.59 Å². The van der Waals surface area contributed by atoms with Gasteiger partial charge in [-0.25, -0.2) is 4.79 Å². The van der Waals surface area contributed by atoms with Crippen LogP contribution in [0.25, 0.3) is 0 Å². The minimum Gasteiger partial charge on any atom is -0.480 e. The molecule has 0 aromatic carbocycles. The van der Waals surface area contributed by atoms with Crippen LogP contribution >= 0.6 is 0 Å². The molecule has 2 amide bonds. The van der Waals surface area contributed by atoms with Gasteiger partial charge in [-0.2, -0.15) is 0 Å². The van der Waals surface area contributed by atoms with Gasteiger partial charge < -0.3 is 15.7 Å². The lowest BCUT2D eigenvalue weighted by Crippen LogP contribution is -2.45. The Morgan fingerprint density at radius 2 is 1.88 bits per heavy atom. The van der Waals surface area contributed by atoms with Gasteiger partial charge in [0.2, 0.25) is 0 Å². The number of carbonyl (C=O) groups excluding carboxylic acids is 1. The molecule has 0 aliphatic heterocycles. The van der Waals surface area contributed by atoms with Gasteiger partial charge in [-0.05, 0) is 31.1 Å². The van der Waals surface area contributed by atoms with E-state index in [4.69, 9.17) is 5.11 Å². The lowest BCUT2D eigenvalue weighted by molar-refractivity contribution is -0.135. The van der Waals surface area contributed by atoms with E-state index in [1.807, 2.05) is 0 Å². The molecule has 1 rings (SSSR count). The normalized spacial score (nSPS) is 20.1. The van der Waals surface area contributed by atoms with Gasteiger partial charge in [0, 0.05) is 6.04 Å². The molecule has 0 unspecified atom stereocenters. The molecule has 0 aromatic heterocycles. The molecule has 1 fully saturated rings. The fourth-order valence-electron chi connectivity index (χ4n) is 1.94. The number of rotatable bonds is 3. The Labute approximate surface area is 95.6 Å². The summed E-state index contributed by atoms with van der Waals surface area (Å²) in [4.78, 5) is 21.5. The topological polar surface area (TPSA) is 78.4 Å². The van der Waals surface area contributed by atoms with Crippen molar-refractivity contribution >= 4 is 12.0 Å². The summed E-state index contributed by atoms with van der Waals surface area (Å²) in [6, 6.07) is -0.200. The van der Waals surface area contributed by atoms with Gasteiger partial charge in [-0.15, -0.1) is 0 Å². The van der Waals surface area contributed by atoms with E-state index in [2.05, 4.69) is 24.5 Å². The SMILES string of the molecule is CC1(C)CCC(NC(=O)NCC(=O)O)CC1. The Morgan fingerprint density at radius 1 is 1.31 bits per heavy atom. The monoisotopic (exact) mass is 228 g/mol. The average Bonchev–Trinajstić information content (AvgIpc) is 2.18. The first kappa shape index (κ1) is 12.8. The zero-order valence-electron chi connectivity index (χ0n) is 9.88. The third kappa shape index (κ3) is 4.51. The van der Waals surface area contributed by atoms with Crippen molar-refractivity contribution in [2.45, 2.75) is 45.6 Å². The number of amides is 2. The maximum Gasteiger partial charge on any atom is 0.323 e. The Hall–Kier alpha value is -1.26. The maximum absolute atomic E-state index is 11.3. The van der Waals surface area contributed by atoms with Crippen molar-refractivity contribution in [3.8, 4) is 0 Å². The largest absolute Gasteiger partial charge is 0.480 e. The standard InChI is InChI=1S/C11H20N2O3/c1-11(2)5-3-8(4-6-11)13-10(16)12-7-9(14)15/h8H,3-7H2,1-2H3,(H,14,15)(H2,12,13,16). The van der Waals surface area contributed by atoms with Crippen LogP contribution in [0.15, 0.2) is 0 Å². The molecule has 1 aliphatic rings. The number of carbonyl (C=O) groups is 2. The van der Waals surface area contributed by atoms with Crippen LogP contribution in [0.4, 0.5) is 4.79 Å². The predicted molar refractivity (Wildman–Crippen MR) is 60.2 cm³/mol. The molecule has 0 radical (unpaired) electrons. The number of aliphatic carboxylic acids is 1. The zero-order chi connectivity index (χ0) is 12.2. The number of hydrogen-bond acceptors (Lipinski definition) is 2. The van der Waals surface area contributed by atoms with Gasteiger partial charge in [0.05, 0.1) is 0 Å². The number of hydrogen-bond donors (Lipinski definition) is 3. The third-order valence-corrected chi connectivity index (χ3v) is 3.07. The summed E-state index contributed by atoms with van der Waals surface area (Å²) in [5.41, 5.74) is 0.371. The van der Waals surface area contributed by atoms with Crippen LogP contribution in [0.2, 0.25) is 0 Å². The minimum atomic E-state index is -1.03. The van der Waals surface area contributed by atoms with Crippen LogP contribution in [-0.2, 0) is 4.79 Å². The molecule has 1 aliphatic carbocycles. The number of urea groups is 1. The lowest BCUT2D eigenvalue weighted by atomic mass is 9.76. The van der Waals surface area contributed by atoms with Crippen molar-refractivity contribution in [3.63, 3.8) is 0 Å². The van der Waals surface area contributed by atoms with E-state index in [0.29, 0.717) is 5.41 Å². The van der Waals surface area contributed by atoms with Crippen molar-refractivity contribution in [2.75, 3.05) is 6.54 Å². The van der Waals surface area contributed by atoms with Crippen LogP contribution in [0.1, 0.15) is 39.5 Å². The summed E-state index contributed by atoms with van der Waals surface area (Å²) in [5.74, 6) is -1.03. The molecule has 0 atom stereocenters. The Morgan fingerprint density at radius 3 is 2.38 bits per heavy atom. The maximum atomic E-state index is 11.3. The number of carboxylic acid groups (broad SMARTS) is 1. The highest BCUT2D eigenvalue weighted by Gasteiger charge is 2.27. The fraction of sp³-hybridized carbons (Fsp3) is 0.818. The summed E-state index contributed by atoms with van der Waals surface area (Å²) < 4.78 is 0. The first-order valence-electron chi connectivity index (χ1n) is 5.65. The second kappa shape index (κ2) is 5.18. The molecule has 92 valence electrons. The molecule has 3 N–H and O–H groups in total. The second-order valence-corrected chi connectivity index (χ2v) is 5.16. The van der Waals surface area contributed by atoms with Gasteiger partial charge in [0.25, 0.3) is 0 Å². The molecule has 0 bridgehead atoms.